The van der Waals surface area contributed by atoms with E-state index in [-0.39, 0.29) is 19.6 Å². The molecule has 20 heavy (non-hydrogen) atoms. The first-order valence-corrected chi connectivity index (χ1v) is 6.11. The van der Waals surface area contributed by atoms with Crippen LogP contribution < -0.4 is 0 Å². The van der Waals surface area contributed by atoms with Gasteiger partial charge in [-0.05, 0) is 7.05 Å². The molecule has 0 aliphatic carbocycles. The van der Waals surface area contributed by atoms with Crippen molar-refractivity contribution in [1.82, 2.24) is 14.7 Å². The molecule has 1 aliphatic rings. The molecule has 0 radical (unpaired) electrons. The first-order chi connectivity index (χ1) is 9.29. The molecule has 1 unspecified atom stereocenters. The minimum atomic E-state index is -1.02. The average molecular weight is 289 g/mol. The predicted molar refractivity (Wildman–Crippen MR) is 67.3 cm³/mol. The number of piperazine rings is 1. The molecule has 0 aromatic carbocycles. The van der Waals surface area contributed by atoms with Gasteiger partial charge in [0, 0.05) is 19.6 Å². The number of aliphatic carboxylic acids is 3. The molecule has 1 rings (SSSR count). The van der Waals surface area contributed by atoms with Gasteiger partial charge >= 0.3 is 17.9 Å². The van der Waals surface area contributed by atoms with Gasteiger partial charge in [0.05, 0.1) is 25.8 Å². The Balaban J connectivity index is 2.73. The standard InChI is InChI=1S/C11H19N3O6/c1-12(5-9(15)16)8-4-13(6-10(17)18)2-3-14(8)7-11(19)20/h8H,2-7H2,1H3,(H,15,16)(H,17,18)(H,19,20). The first-order valence-electron chi connectivity index (χ1n) is 6.11. The van der Waals surface area contributed by atoms with Crippen molar-refractivity contribution in [2.75, 3.05) is 46.3 Å². The summed E-state index contributed by atoms with van der Waals surface area (Å²) in [5, 5.41) is 26.5. The molecule has 1 atom stereocenters. The van der Waals surface area contributed by atoms with Crippen molar-refractivity contribution in [2.45, 2.75) is 6.17 Å². The summed E-state index contributed by atoms with van der Waals surface area (Å²) in [7, 11) is 1.58. The zero-order chi connectivity index (χ0) is 15.3. The second-order valence-electron chi connectivity index (χ2n) is 4.78. The maximum atomic E-state index is 10.8. The summed E-state index contributed by atoms with van der Waals surface area (Å²) in [5.41, 5.74) is 0. The van der Waals surface area contributed by atoms with Crippen LogP contribution in [0.15, 0.2) is 0 Å². The second-order valence-corrected chi connectivity index (χ2v) is 4.78. The van der Waals surface area contributed by atoms with E-state index in [1.807, 2.05) is 0 Å². The van der Waals surface area contributed by atoms with Crippen LogP contribution in [-0.4, -0.2) is 100 Å². The van der Waals surface area contributed by atoms with E-state index in [9.17, 15) is 14.4 Å². The van der Waals surface area contributed by atoms with Gasteiger partial charge in [0.25, 0.3) is 0 Å². The minimum absolute atomic E-state index is 0.141. The first kappa shape index (κ1) is 16.3. The van der Waals surface area contributed by atoms with E-state index < -0.39 is 24.1 Å². The highest BCUT2D eigenvalue weighted by molar-refractivity contribution is 5.70. The Kier molecular flexibility index (Phi) is 5.86. The molecule has 0 spiro atoms. The van der Waals surface area contributed by atoms with Crippen molar-refractivity contribution in [2.24, 2.45) is 0 Å². The van der Waals surface area contributed by atoms with E-state index in [1.165, 1.54) is 4.90 Å². The largest absolute Gasteiger partial charge is 0.480 e. The molecule has 0 saturated carbocycles. The molecule has 0 amide bonds. The molecule has 1 saturated heterocycles. The van der Waals surface area contributed by atoms with Gasteiger partial charge < -0.3 is 15.3 Å². The zero-order valence-corrected chi connectivity index (χ0v) is 11.2. The smallest absolute Gasteiger partial charge is 0.317 e. The van der Waals surface area contributed by atoms with Gasteiger partial charge in [0.2, 0.25) is 0 Å². The van der Waals surface area contributed by atoms with Crippen molar-refractivity contribution in [3.05, 3.63) is 0 Å². The van der Waals surface area contributed by atoms with Crippen LogP contribution in [0.3, 0.4) is 0 Å². The monoisotopic (exact) mass is 289 g/mol. The fourth-order valence-corrected chi connectivity index (χ4v) is 2.29. The van der Waals surface area contributed by atoms with Crippen LogP contribution in [0.2, 0.25) is 0 Å². The van der Waals surface area contributed by atoms with Gasteiger partial charge in [-0.3, -0.25) is 29.1 Å². The average Bonchev–Trinajstić information content (AvgIpc) is 2.28. The van der Waals surface area contributed by atoms with Gasteiger partial charge in [-0.2, -0.15) is 0 Å². The summed E-state index contributed by atoms with van der Waals surface area (Å²) < 4.78 is 0. The fraction of sp³-hybridized carbons (Fsp3) is 0.727. The highest BCUT2D eigenvalue weighted by Gasteiger charge is 2.32. The van der Waals surface area contributed by atoms with Crippen molar-refractivity contribution in [3.63, 3.8) is 0 Å². The van der Waals surface area contributed by atoms with Crippen molar-refractivity contribution >= 4 is 17.9 Å². The quantitative estimate of drug-likeness (QED) is 0.494. The normalized spacial score (nSPS) is 21.0. The van der Waals surface area contributed by atoms with Crippen LogP contribution >= 0.6 is 0 Å². The number of nitrogens with zero attached hydrogens (tertiary/aromatic N) is 3. The Labute approximate surface area is 116 Å². The predicted octanol–water partition coefficient (Wildman–Crippen LogP) is -1.88. The maximum Gasteiger partial charge on any atom is 0.317 e. The summed E-state index contributed by atoms with van der Waals surface area (Å²) in [6, 6.07) is 0. The number of likely N-dealkylation sites (N-methyl/N-ethyl adjacent to an activating group) is 1. The molecular weight excluding hydrogens is 270 g/mol. The molecular formula is C11H19N3O6. The van der Waals surface area contributed by atoms with E-state index in [0.717, 1.165) is 0 Å². The SMILES string of the molecule is CN(CC(=O)O)C1CN(CC(=O)O)CCN1CC(=O)O. The van der Waals surface area contributed by atoms with Gasteiger partial charge in [-0.25, -0.2) is 0 Å². The van der Waals surface area contributed by atoms with E-state index in [4.69, 9.17) is 15.3 Å². The third-order valence-corrected chi connectivity index (χ3v) is 3.14. The van der Waals surface area contributed by atoms with Crippen molar-refractivity contribution in [1.29, 1.82) is 0 Å². The third kappa shape index (κ3) is 5.11. The molecule has 1 fully saturated rings. The van der Waals surface area contributed by atoms with Crippen LogP contribution in [0.25, 0.3) is 0 Å². The molecule has 1 aliphatic heterocycles. The molecule has 0 aromatic heterocycles. The Bertz CT molecular complexity index is 388. The second kappa shape index (κ2) is 7.17. The molecule has 9 nitrogen and oxygen atoms in total. The number of carboxylic acids is 3. The van der Waals surface area contributed by atoms with Gasteiger partial charge in [-0.15, -0.1) is 0 Å². The lowest BCUT2D eigenvalue weighted by Crippen LogP contribution is -2.61. The van der Waals surface area contributed by atoms with E-state index in [2.05, 4.69) is 0 Å². The van der Waals surface area contributed by atoms with Crippen LogP contribution in [-0.2, 0) is 14.4 Å². The van der Waals surface area contributed by atoms with E-state index >= 15 is 0 Å². The fourth-order valence-electron chi connectivity index (χ4n) is 2.29. The highest BCUT2D eigenvalue weighted by atomic mass is 16.4. The number of hydrogen-bond donors (Lipinski definition) is 3. The Morgan fingerprint density at radius 1 is 1.05 bits per heavy atom. The Hall–Kier alpha value is -1.71. The number of carbonyl (C=O) groups is 3. The van der Waals surface area contributed by atoms with Crippen molar-refractivity contribution in [3.8, 4) is 0 Å². The van der Waals surface area contributed by atoms with Gasteiger partial charge in [0.15, 0.2) is 0 Å². The zero-order valence-electron chi connectivity index (χ0n) is 11.2. The van der Waals surface area contributed by atoms with Crippen molar-refractivity contribution < 1.29 is 29.7 Å². The molecule has 0 aromatic rings. The number of hydrogen-bond acceptors (Lipinski definition) is 6. The minimum Gasteiger partial charge on any atom is -0.480 e. The Morgan fingerprint density at radius 3 is 2.15 bits per heavy atom. The summed E-state index contributed by atoms with van der Waals surface area (Å²) in [4.78, 5) is 37.1. The topological polar surface area (TPSA) is 122 Å². The van der Waals surface area contributed by atoms with Crippen LogP contribution in [0.1, 0.15) is 0 Å². The van der Waals surface area contributed by atoms with Crippen LogP contribution in [0.5, 0.6) is 0 Å². The lowest BCUT2D eigenvalue weighted by molar-refractivity contribution is -0.147. The summed E-state index contributed by atoms with van der Waals surface area (Å²) in [6.45, 7) is 0.546. The van der Waals surface area contributed by atoms with E-state index in [0.29, 0.717) is 19.6 Å². The summed E-state index contributed by atoms with van der Waals surface area (Å²) in [6.07, 6.45) is -0.435. The lowest BCUT2D eigenvalue weighted by Gasteiger charge is -2.43. The van der Waals surface area contributed by atoms with E-state index in [1.54, 1.807) is 16.8 Å². The highest BCUT2D eigenvalue weighted by Crippen LogP contribution is 2.12. The van der Waals surface area contributed by atoms with Crippen LogP contribution in [0, 0.1) is 0 Å². The van der Waals surface area contributed by atoms with Gasteiger partial charge in [0.1, 0.15) is 0 Å². The molecule has 1 heterocycles. The summed E-state index contributed by atoms with van der Waals surface area (Å²) in [5.74, 6) is -2.97. The molecule has 0 bridgehead atoms. The Morgan fingerprint density at radius 2 is 1.65 bits per heavy atom. The molecule has 9 heteroatoms. The molecule has 3 N–H and O–H groups in total. The molecule has 114 valence electrons. The number of carboxylic acid groups (broad SMARTS) is 3. The third-order valence-electron chi connectivity index (χ3n) is 3.14. The summed E-state index contributed by atoms with van der Waals surface area (Å²) >= 11 is 0. The maximum absolute atomic E-state index is 10.8. The lowest BCUT2D eigenvalue weighted by atomic mass is 10.2. The number of rotatable bonds is 7. The van der Waals surface area contributed by atoms with Gasteiger partial charge in [-0.1, -0.05) is 0 Å². The van der Waals surface area contributed by atoms with Crippen LogP contribution in [0.4, 0.5) is 0 Å².